The van der Waals surface area contributed by atoms with Gasteiger partial charge in [-0.25, -0.2) is 0 Å². The summed E-state index contributed by atoms with van der Waals surface area (Å²) < 4.78 is 2.30. The molecule has 0 radical (unpaired) electrons. The SMILES string of the molecule is CN=C(NCCCn1ccc2ccccc21)NCCc1ccncc1C. The highest BCUT2D eigenvalue weighted by molar-refractivity contribution is 5.80. The van der Waals surface area contributed by atoms with Crippen molar-refractivity contribution in [1.29, 1.82) is 0 Å². The maximum absolute atomic E-state index is 4.30. The number of aromatic nitrogens is 2. The zero-order valence-electron chi connectivity index (χ0n) is 15.6. The number of benzene rings is 1. The van der Waals surface area contributed by atoms with Crippen molar-refractivity contribution in [3.8, 4) is 0 Å². The van der Waals surface area contributed by atoms with Gasteiger partial charge in [0.15, 0.2) is 5.96 Å². The van der Waals surface area contributed by atoms with Gasteiger partial charge in [0.2, 0.25) is 0 Å². The molecule has 5 heteroatoms. The summed E-state index contributed by atoms with van der Waals surface area (Å²) in [5.74, 6) is 0.856. The fraction of sp³-hybridized carbons (Fsp3) is 0.333. The monoisotopic (exact) mass is 349 g/mol. The van der Waals surface area contributed by atoms with Crippen molar-refractivity contribution in [3.63, 3.8) is 0 Å². The van der Waals surface area contributed by atoms with Crippen molar-refractivity contribution in [2.75, 3.05) is 20.1 Å². The molecule has 0 unspecified atom stereocenters. The predicted octanol–water partition coefficient (Wildman–Crippen LogP) is 3.14. The first kappa shape index (κ1) is 18.0. The van der Waals surface area contributed by atoms with Crippen LogP contribution in [0, 0.1) is 6.92 Å². The molecule has 5 nitrogen and oxygen atoms in total. The number of para-hydroxylation sites is 1. The average molecular weight is 349 g/mol. The number of aliphatic imine (C=N–C) groups is 1. The molecule has 0 amide bonds. The Kier molecular flexibility index (Phi) is 6.25. The van der Waals surface area contributed by atoms with E-state index in [-0.39, 0.29) is 0 Å². The summed E-state index contributed by atoms with van der Waals surface area (Å²) >= 11 is 0. The zero-order valence-corrected chi connectivity index (χ0v) is 15.6. The van der Waals surface area contributed by atoms with Crippen molar-refractivity contribution in [3.05, 3.63) is 66.1 Å². The van der Waals surface area contributed by atoms with Crippen LogP contribution in [0.3, 0.4) is 0 Å². The van der Waals surface area contributed by atoms with Crippen LogP contribution < -0.4 is 10.6 Å². The average Bonchev–Trinajstić information content (AvgIpc) is 3.08. The van der Waals surface area contributed by atoms with E-state index in [2.05, 4.69) is 74.7 Å². The fourth-order valence-corrected chi connectivity index (χ4v) is 3.11. The van der Waals surface area contributed by atoms with Gasteiger partial charge in [-0.1, -0.05) is 18.2 Å². The summed E-state index contributed by atoms with van der Waals surface area (Å²) in [6.45, 7) is 4.83. The predicted molar refractivity (Wildman–Crippen MR) is 109 cm³/mol. The van der Waals surface area contributed by atoms with Gasteiger partial charge in [0.25, 0.3) is 0 Å². The van der Waals surface area contributed by atoms with Crippen molar-refractivity contribution < 1.29 is 0 Å². The van der Waals surface area contributed by atoms with Crippen LogP contribution in [0.25, 0.3) is 10.9 Å². The van der Waals surface area contributed by atoms with Gasteiger partial charge in [-0.2, -0.15) is 0 Å². The van der Waals surface area contributed by atoms with Gasteiger partial charge in [0.05, 0.1) is 0 Å². The number of hydrogen-bond donors (Lipinski definition) is 2. The van der Waals surface area contributed by atoms with Gasteiger partial charge >= 0.3 is 0 Å². The number of rotatable bonds is 7. The molecule has 0 aliphatic heterocycles. The summed E-state index contributed by atoms with van der Waals surface area (Å²) in [6, 6.07) is 12.7. The molecule has 0 spiro atoms. The summed E-state index contributed by atoms with van der Waals surface area (Å²) in [7, 11) is 1.81. The van der Waals surface area contributed by atoms with E-state index < -0.39 is 0 Å². The maximum Gasteiger partial charge on any atom is 0.190 e. The van der Waals surface area contributed by atoms with Crippen molar-refractivity contribution in [1.82, 2.24) is 20.2 Å². The van der Waals surface area contributed by atoms with E-state index in [4.69, 9.17) is 0 Å². The van der Waals surface area contributed by atoms with Crippen LogP contribution >= 0.6 is 0 Å². The lowest BCUT2D eigenvalue weighted by Crippen LogP contribution is -2.39. The molecule has 0 saturated carbocycles. The third kappa shape index (κ3) is 4.63. The van der Waals surface area contributed by atoms with Crippen LogP contribution in [0.4, 0.5) is 0 Å². The molecule has 26 heavy (non-hydrogen) atoms. The smallest absolute Gasteiger partial charge is 0.190 e. The maximum atomic E-state index is 4.30. The van der Waals surface area contributed by atoms with Gasteiger partial charge in [-0.15, -0.1) is 0 Å². The Morgan fingerprint density at radius 1 is 1.12 bits per heavy atom. The summed E-state index contributed by atoms with van der Waals surface area (Å²) in [5.41, 5.74) is 3.85. The number of hydrogen-bond acceptors (Lipinski definition) is 2. The Hall–Kier alpha value is -2.82. The second-order valence-electron chi connectivity index (χ2n) is 6.40. The normalized spacial score (nSPS) is 11.7. The second kappa shape index (κ2) is 9.04. The molecule has 0 bridgehead atoms. The third-order valence-electron chi connectivity index (χ3n) is 4.60. The number of fused-ring (bicyclic) bond motifs is 1. The topological polar surface area (TPSA) is 54.2 Å². The molecule has 0 aliphatic rings. The minimum atomic E-state index is 0.854. The quantitative estimate of drug-likeness (QED) is 0.391. The molecule has 1 aromatic carbocycles. The highest BCUT2D eigenvalue weighted by atomic mass is 15.2. The molecule has 2 heterocycles. The summed E-state index contributed by atoms with van der Waals surface area (Å²) in [6.07, 6.45) is 7.93. The highest BCUT2D eigenvalue weighted by Crippen LogP contribution is 2.15. The van der Waals surface area contributed by atoms with Crippen LogP contribution in [0.5, 0.6) is 0 Å². The van der Waals surface area contributed by atoms with Gasteiger partial charge in [-0.05, 0) is 54.5 Å². The Labute approximate surface area is 155 Å². The van der Waals surface area contributed by atoms with E-state index >= 15 is 0 Å². The number of guanidine groups is 1. The standard InChI is InChI=1S/C21H27N5/c1-17-16-23-12-8-18(17)9-13-25-21(22-2)24-11-5-14-26-15-10-19-6-3-4-7-20(19)26/h3-4,6-8,10,12,15-16H,5,9,11,13-14H2,1-2H3,(H2,22,24,25). The van der Waals surface area contributed by atoms with E-state index in [1.165, 1.54) is 22.0 Å². The first-order chi connectivity index (χ1) is 12.8. The first-order valence-corrected chi connectivity index (χ1v) is 9.16. The van der Waals surface area contributed by atoms with Crippen molar-refractivity contribution in [2.45, 2.75) is 26.3 Å². The van der Waals surface area contributed by atoms with Crippen LogP contribution in [0.15, 0.2) is 60.0 Å². The molecule has 0 saturated heterocycles. The van der Waals surface area contributed by atoms with E-state index in [0.29, 0.717) is 0 Å². The van der Waals surface area contributed by atoms with E-state index in [1.807, 2.05) is 19.4 Å². The lowest BCUT2D eigenvalue weighted by molar-refractivity contribution is 0.640. The fourth-order valence-electron chi connectivity index (χ4n) is 3.11. The molecule has 136 valence electrons. The van der Waals surface area contributed by atoms with Crippen molar-refractivity contribution in [2.24, 2.45) is 4.99 Å². The number of pyridine rings is 1. The van der Waals surface area contributed by atoms with E-state index in [0.717, 1.165) is 38.4 Å². The molecular formula is C21H27N5. The molecule has 3 rings (SSSR count). The molecule has 0 atom stereocenters. The Morgan fingerprint density at radius 2 is 1.96 bits per heavy atom. The molecule has 0 fully saturated rings. The second-order valence-corrected chi connectivity index (χ2v) is 6.40. The van der Waals surface area contributed by atoms with Gasteiger partial charge < -0.3 is 15.2 Å². The third-order valence-corrected chi connectivity index (χ3v) is 4.60. The minimum absolute atomic E-state index is 0.854. The summed E-state index contributed by atoms with van der Waals surface area (Å²) in [4.78, 5) is 8.44. The van der Waals surface area contributed by atoms with Gasteiger partial charge in [-0.3, -0.25) is 9.98 Å². The van der Waals surface area contributed by atoms with Gasteiger partial charge in [0, 0.05) is 50.8 Å². The van der Waals surface area contributed by atoms with Gasteiger partial charge in [0.1, 0.15) is 0 Å². The van der Waals surface area contributed by atoms with Crippen LogP contribution in [-0.4, -0.2) is 35.6 Å². The van der Waals surface area contributed by atoms with Crippen molar-refractivity contribution >= 4 is 16.9 Å². The lowest BCUT2D eigenvalue weighted by atomic mass is 10.1. The summed E-state index contributed by atoms with van der Waals surface area (Å²) in [5, 5.41) is 8.07. The Balaban J connectivity index is 1.40. The molecule has 2 aromatic heterocycles. The largest absolute Gasteiger partial charge is 0.356 e. The molecular weight excluding hydrogens is 322 g/mol. The lowest BCUT2D eigenvalue weighted by Gasteiger charge is -2.13. The Bertz CT molecular complexity index is 865. The van der Waals surface area contributed by atoms with E-state index in [9.17, 15) is 0 Å². The number of nitrogens with zero attached hydrogens (tertiary/aromatic N) is 3. The number of aryl methyl sites for hydroxylation is 2. The van der Waals surface area contributed by atoms with Crippen LogP contribution in [0.2, 0.25) is 0 Å². The van der Waals surface area contributed by atoms with Crippen LogP contribution in [0.1, 0.15) is 17.5 Å². The van der Waals surface area contributed by atoms with E-state index in [1.54, 1.807) is 0 Å². The minimum Gasteiger partial charge on any atom is -0.356 e. The zero-order chi connectivity index (χ0) is 18.2. The Morgan fingerprint density at radius 3 is 2.81 bits per heavy atom. The highest BCUT2D eigenvalue weighted by Gasteiger charge is 2.02. The molecule has 3 aromatic rings. The molecule has 2 N–H and O–H groups in total. The first-order valence-electron chi connectivity index (χ1n) is 9.16. The number of nitrogens with one attached hydrogen (secondary N) is 2. The van der Waals surface area contributed by atoms with Crippen LogP contribution in [-0.2, 0) is 13.0 Å². The molecule has 0 aliphatic carbocycles.